The van der Waals surface area contributed by atoms with E-state index in [1.807, 2.05) is 17.0 Å². The molecule has 0 spiro atoms. The van der Waals surface area contributed by atoms with Crippen molar-refractivity contribution in [1.82, 2.24) is 9.80 Å². The van der Waals surface area contributed by atoms with Gasteiger partial charge in [-0.05, 0) is 29.2 Å². The number of carbonyl (C=O) groups excluding carboxylic acids is 1. The molecule has 35 heavy (non-hydrogen) atoms. The number of ether oxygens (including phenoxy) is 3. The van der Waals surface area contributed by atoms with Crippen molar-refractivity contribution in [2.24, 2.45) is 0 Å². The molecule has 0 N–H and O–H groups in total. The fourth-order valence-electron chi connectivity index (χ4n) is 4.87. The lowest BCUT2D eigenvalue weighted by Crippen LogP contribution is -2.49. The summed E-state index contributed by atoms with van der Waals surface area (Å²) in [6.07, 6.45) is 1.01. The number of rotatable bonds is 9. The zero-order valence-corrected chi connectivity index (χ0v) is 20.8. The van der Waals surface area contributed by atoms with Gasteiger partial charge in [-0.15, -0.1) is 0 Å². The van der Waals surface area contributed by atoms with Gasteiger partial charge in [0.2, 0.25) is 11.7 Å². The molecule has 1 fully saturated rings. The first kappa shape index (κ1) is 24.6. The van der Waals surface area contributed by atoms with E-state index in [0.717, 1.165) is 31.7 Å². The fourth-order valence-corrected chi connectivity index (χ4v) is 4.87. The summed E-state index contributed by atoms with van der Waals surface area (Å²) in [5.74, 6) is 1.96. The average Bonchev–Trinajstić information content (AvgIpc) is 2.92. The van der Waals surface area contributed by atoms with E-state index in [4.69, 9.17) is 14.2 Å². The Balaban J connectivity index is 1.40. The molecule has 1 heterocycles. The van der Waals surface area contributed by atoms with E-state index in [0.29, 0.717) is 30.1 Å². The molecule has 0 bridgehead atoms. The van der Waals surface area contributed by atoms with Gasteiger partial charge < -0.3 is 19.1 Å². The molecule has 3 aromatic carbocycles. The van der Waals surface area contributed by atoms with Gasteiger partial charge >= 0.3 is 0 Å². The van der Waals surface area contributed by atoms with Crippen LogP contribution in [0.15, 0.2) is 72.8 Å². The number of methoxy groups -OCH3 is 3. The summed E-state index contributed by atoms with van der Waals surface area (Å²) < 4.78 is 16.4. The van der Waals surface area contributed by atoms with Crippen LogP contribution in [-0.2, 0) is 11.2 Å². The third kappa shape index (κ3) is 5.60. The minimum Gasteiger partial charge on any atom is -0.493 e. The Morgan fingerprint density at radius 3 is 1.83 bits per heavy atom. The molecule has 0 saturated carbocycles. The number of hydrogen-bond donors (Lipinski definition) is 0. The predicted octanol–water partition coefficient (Wildman–Crippen LogP) is 4.58. The third-order valence-corrected chi connectivity index (χ3v) is 6.66. The average molecular weight is 475 g/mol. The van der Waals surface area contributed by atoms with Gasteiger partial charge in [0, 0.05) is 32.6 Å². The Morgan fingerprint density at radius 2 is 1.31 bits per heavy atom. The second-order valence-corrected chi connectivity index (χ2v) is 8.63. The van der Waals surface area contributed by atoms with E-state index in [9.17, 15) is 4.79 Å². The van der Waals surface area contributed by atoms with Crippen molar-refractivity contribution >= 4 is 5.91 Å². The van der Waals surface area contributed by atoms with Gasteiger partial charge in [-0.25, -0.2) is 0 Å². The fraction of sp³-hybridized carbons (Fsp3) is 0.345. The summed E-state index contributed by atoms with van der Waals surface area (Å²) in [5.41, 5.74) is 3.49. The molecule has 1 aliphatic heterocycles. The molecule has 6 nitrogen and oxygen atoms in total. The van der Waals surface area contributed by atoms with Crippen molar-refractivity contribution in [1.29, 1.82) is 0 Å². The predicted molar refractivity (Wildman–Crippen MR) is 137 cm³/mol. The van der Waals surface area contributed by atoms with Crippen molar-refractivity contribution in [2.75, 3.05) is 47.5 Å². The lowest BCUT2D eigenvalue weighted by molar-refractivity contribution is -0.133. The molecule has 4 rings (SSSR count). The van der Waals surface area contributed by atoms with Gasteiger partial charge in [-0.1, -0.05) is 66.7 Å². The Morgan fingerprint density at radius 1 is 0.743 bits per heavy atom. The summed E-state index contributed by atoms with van der Waals surface area (Å²) in [7, 11) is 4.80. The van der Waals surface area contributed by atoms with Crippen LogP contribution in [0.2, 0.25) is 0 Å². The van der Waals surface area contributed by atoms with Crippen LogP contribution in [0.1, 0.15) is 29.2 Å². The number of piperazine rings is 1. The van der Waals surface area contributed by atoms with E-state index in [-0.39, 0.29) is 11.9 Å². The van der Waals surface area contributed by atoms with Crippen LogP contribution in [0.3, 0.4) is 0 Å². The van der Waals surface area contributed by atoms with E-state index >= 15 is 0 Å². The van der Waals surface area contributed by atoms with Crippen LogP contribution in [0.25, 0.3) is 0 Å². The molecule has 0 radical (unpaired) electrons. The van der Waals surface area contributed by atoms with Crippen LogP contribution >= 0.6 is 0 Å². The summed E-state index contributed by atoms with van der Waals surface area (Å²) in [6, 6.07) is 25.2. The lowest BCUT2D eigenvalue weighted by Gasteiger charge is -2.40. The Bertz CT molecular complexity index is 1060. The molecule has 6 heteroatoms. The van der Waals surface area contributed by atoms with Gasteiger partial charge in [0.15, 0.2) is 11.5 Å². The molecule has 0 aliphatic carbocycles. The lowest BCUT2D eigenvalue weighted by atomic mass is 9.96. The van der Waals surface area contributed by atoms with Gasteiger partial charge in [-0.2, -0.15) is 0 Å². The van der Waals surface area contributed by atoms with E-state index < -0.39 is 0 Å². The highest BCUT2D eigenvalue weighted by atomic mass is 16.5. The molecule has 1 aliphatic rings. The zero-order valence-electron chi connectivity index (χ0n) is 20.8. The number of hydrogen-bond acceptors (Lipinski definition) is 5. The second kappa shape index (κ2) is 11.8. The number of amides is 1. The largest absolute Gasteiger partial charge is 0.493 e. The first-order valence-corrected chi connectivity index (χ1v) is 12.1. The van der Waals surface area contributed by atoms with Crippen LogP contribution < -0.4 is 14.2 Å². The smallest absolute Gasteiger partial charge is 0.222 e. The van der Waals surface area contributed by atoms with Gasteiger partial charge in [0.05, 0.1) is 27.4 Å². The van der Waals surface area contributed by atoms with Crippen LogP contribution in [0, 0.1) is 0 Å². The highest BCUT2D eigenvalue weighted by molar-refractivity contribution is 5.77. The molecular formula is C29H34N2O4. The summed E-state index contributed by atoms with van der Waals surface area (Å²) in [4.78, 5) is 17.5. The quantitative estimate of drug-likeness (QED) is 0.454. The number of nitrogens with zero attached hydrogens (tertiary/aromatic N) is 2. The van der Waals surface area contributed by atoms with Crippen LogP contribution in [-0.4, -0.2) is 63.2 Å². The SMILES string of the molecule is COc1ccc(CCC(=O)N2CCN(C(c3ccccc3)c3ccccc3)CC2)c(OC)c1OC. The molecule has 1 saturated heterocycles. The number of carbonyl (C=O) groups is 1. The van der Waals surface area contributed by atoms with E-state index in [1.54, 1.807) is 21.3 Å². The number of aryl methyl sites for hydroxylation is 1. The Labute approximate surface area is 208 Å². The van der Waals surface area contributed by atoms with Gasteiger partial charge in [0.1, 0.15) is 0 Å². The highest BCUT2D eigenvalue weighted by Gasteiger charge is 2.28. The molecule has 1 amide bonds. The van der Waals surface area contributed by atoms with E-state index in [2.05, 4.69) is 65.6 Å². The number of benzene rings is 3. The standard InChI is InChI=1S/C29H34N2O4/c1-33-25-16-14-24(28(34-2)29(25)35-3)15-17-26(32)30-18-20-31(21-19-30)27(22-10-6-4-7-11-22)23-12-8-5-9-13-23/h4-14,16,27H,15,17-21H2,1-3H3. The normalized spacial score (nSPS) is 14.1. The van der Waals surface area contributed by atoms with Gasteiger partial charge in [-0.3, -0.25) is 9.69 Å². The van der Waals surface area contributed by atoms with Crippen molar-refractivity contribution in [2.45, 2.75) is 18.9 Å². The van der Waals surface area contributed by atoms with Crippen molar-refractivity contribution in [3.63, 3.8) is 0 Å². The summed E-state index contributed by atoms with van der Waals surface area (Å²) in [5, 5.41) is 0. The maximum Gasteiger partial charge on any atom is 0.222 e. The van der Waals surface area contributed by atoms with Crippen LogP contribution in [0.4, 0.5) is 0 Å². The van der Waals surface area contributed by atoms with Crippen LogP contribution in [0.5, 0.6) is 17.2 Å². The van der Waals surface area contributed by atoms with E-state index in [1.165, 1.54) is 11.1 Å². The summed E-state index contributed by atoms with van der Waals surface area (Å²) >= 11 is 0. The second-order valence-electron chi connectivity index (χ2n) is 8.63. The first-order valence-electron chi connectivity index (χ1n) is 12.1. The molecule has 3 aromatic rings. The summed E-state index contributed by atoms with van der Waals surface area (Å²) in [6.45, 7) is 3.11. The molecule has 184 valence electrons. The minimum atomic E-state index is 0.164. The monoisotopic (exact) mass is 474 g/mol. The molecule has 0 unspecified atom stereocenters. The first-order chi connectivity index (χ1) is 17.2. The molecule has 0 aromatic heterocycles. The maximum atomic E-state index is 13.1. The van der Waals surface area contributed by atoms with Gasteiger partial charge in [0.25, 0.3) is 0 Å². The zero-order chi connectivity index (χ0) is 24.6. The topological polar surface area (TPSA) is 51.2 Å². The molecule has 0 atom stereocenters. The molecular weight excluding hydrogens is 440 g/mol. The maximum absolute atomic E-state index is 13.1. The van der Waals surface area contributed by atoms with Crippen molar-refractivity contribution in [3.05, 3.63) is 89.5 Å². The minimum absolute atomic E-state index is 0.164. The van der Waals surface area contributed by atoms with Crippen molar-refractivity contribution < 1.29 is 19.0 Å². The Kier molecular flexibility index (Phi) is 8.27. The van der Waals surface area contributed by atoms with Crippen molar-refractivity contribution in [3.8, 4) is 17.2 Å². The Hall–Kier alpha value is -3.51. The third-order valence-electron chi connectivity index (χ3n) is 6.66. The highest BCUT2D eigenvalue weighted by Crippen LogP contribution is 2.40.